The van der Waals surface area contributed by atoms with Crippen LogP contribution in [0.5, 0.6) is 0 Å². The zero-order chi connectivity index (χ0) is 15.4. The molecule has 0 fully saturated rings. The molecule has 0 radical (unpaired) electrons. The van der Waals surface area contributed by atoms with E-state index in [1.54, 1.807) is 18.2 Å². The molecule has 1 aromatic heterocycles. The molecule has 1 aromatic carbocycles. The summed E-state index contributed by atoms with van der Waals surface area (Å²) in [5.74, 6) is 0.179. The van der Waals surface area contributed by atoms with E-state index in [1.807, 2.05) is 6.92 Å². The average Bonchev–Trinajstić information content (AvgIpc) is 2.43. The van der Waals surface area contributed by atoms with Crippen molar-refractivity contribution in [3.63, 3.8) is 0 Å². The lowest BCUT2D eigenvalue weighted by molar-refractivity contribution is -0.387. The van der Waals surface area contributed by atoms with E-state index in [1.165, 1.54) is 6.33 Å². The van der Waals surface area contributed by atoms with Gasteiger partial charge in [-0.25, -0.2) is 9.97 Å². The Labute approximate surface area is 135 Å². The maximum atomic E-state index is 11.3. The lowest BCUT2D eigenvalue weighted by atomic mass is 10.4. The fourth-order valence-electron chi connectivity index (χ4n) is 1.56. The summed E-state index contributed by atoms with van der Waals surface area (Å²) in [6.07, 6.45) is 1.27. The summed E-state index contributed by atoms with van der Waals surface area (Å²) in [5, 5.41) is 15.3. The summed E-state index contributed by atoms with van der Waals surface area (Å²) in [7, 11) is 0. The average molecular weight is 345 g/mol. The molecule has 0 unspecified atom stereocenters. The first-order valence-corrected chi connectivity index (χ1v) is 7.46. The van der Waals surface area contributed by atoms with Crippen LogP contribution in [-0.4, -0.2) is 21.4 Å². The highest BCUT2D eigenvalue weighted by Gasteiger charge is 2.23. The summed E-state index contributed by atoms with van der Waals surface area (Å²) >= 11 is 13.1. The highest BCUT2D eigenvalue weighted by molar-refractivity contribution is 7.99. The van der Waals surface area contributed by atoms with Crippen molar-refractivity contribution >= 4 is 46.5 Å². The Morgan fingerprint density at radius 3 is 2.81 bits per heavy atom. The fourth-order valence-corrected chi connectivity index (χ4v) is 2.96. The molecular formula is C12H10Cl2N4O2S. The van der Waals surface area contributed by atoms with Crippen LogP contribution in [0.4, 0.5) is 11.5 Å². The van der Waals surface area contributed by atoms with Gasteiger partial charge in [-0.15, -0.1) is 0 Å². The molecule has 0 aliphatic rings. The van der Waals surface area contributed by atoms with Crippen LogP contribution in [-0.2, 0) is 0 Å². The van der Waals surface area contributed by atoms with Gasteiger partial charge >= 0.3 is 5.69 Å². The number of benzene rings is 1. The number of anilines is 1. The van der Waals surface area contributed by atoms with E-state index in [4.69, 9.17) is 23.2 Å². The number of aromatic nitrogens is 2. The second kappa shape index (κ2) is 6.93. The molecule has 0 amide bonds. The van der Waals surface area contributed by atoms with Crippen molar-refractivity contribution in [3.8, 4) is 0 Å². The first-order valence-electron chi connectivity index (χ1n) is 5.89. The zero-order valence-electron chi connectivity index (χ0n) is 10.8. The van der Waals surface area contributed by atoms with Gasteiger partial charge < -0.3 is 5.32 Å². The third-order valence-corrected chi connectivity index (χ3v) is 4.14. The van der Waals surface area contributed by atoms with Crippen molar-refractivity contribution in [1.29, 1.82) is 0 Å². The minimum absolute atomic E-state index is 0.179. The number of rotatable bonds is 5. The van der Waals surface area contributed by atoms with E-state index in [0.717, 1.165) is 11.8 Å². The molecule has 0 saturated heterocycles. The molecular weight excluding hydrogens is 335 g/mol. The van der Waals surface area contributed by atoms with E-state index in [2.05, 4.69) is 15.3 Å². The molecule has 1 N–H and O–H groups in total. The number of nitrogens with zero attached hydrogens (tertiary/aromatic N) is 3. The number of nitro groups is 1. The summed E-state index contributed by atoms with van der Waals surface area (Å²) in [4.78, 5) is 19.2. The van der Waals surface area contributed by atoms with Gasteiger partial charge in [-0.1, -0.05) is 35.0 Å². The predicted molar refractivity (Wildman–Crippen MR) is 83.4 cm³/mol. The Bertz CT molecular complexity index is 684. The highest BCUT2D eigenvalue weighted by Crippen LogP contribution is 2.40. The number of halogens is 2. The van der Waals surface area contributed by atoms with E-state index in [-0.39, 0.29) is 16.5 Å². The van der Waals surface area contributed by atoms with Crippen molar-refractivity contribution in [2.75, 3.05) is 11.9 Å². The molecule has 2 rings (SSSR count). The fraction of sp³-hybridized carbons (Fsp3) is 0.167. The second-order valence-electron chi connectivity index (χ2n) is 3.84. The third kappa shape index (κ3) is 3.75. The van der Waals surface area contributed by atoms with Crippen molar-refractivity contribution in [1.82, 2.24) is 9.97 Å². The Kier molecular flexibility index (Phi) is 5.22. The minimum Gasteiger partial charge on any atom is -0.364 e. The Balaban J connectivity index is 2.46. The van der Waals surface area contributed by atoms with Crippen LogP contribution in [0.2, 0.25) is 10.0 Å². The largest absolute Gasteiger partial charge is 0.364 e. The predicted octanol–water partition coefficient (Wildman–Crippen LogP) is 4.27. The minimum atomic E-state index is -0.515. The quantitative estimate of drug-likeness (QED) is 0.495. The molecule has 1 heterocycles. The smallest absolute Gasteiger partial charge is 0.343 e. The van der Waals surface area contributed by atoms with Gasteiger partial charge in [0.1, 0.15) is 6.33 Å². The van der Waals surface area contributed by atoms with E-state index < -0.39 is 4.92 Å². The molecule has 9 heteroatoms. The van der Waals surface area contributed by atoms with Crippen LogP contribution in [0, 0.1) is 10.1 Å². The number of hydrogen-bond donors (Lipinski definition) is 1. The van der Waals surface area contributed by atoms with Crippen molar-refractivity contribution in [3.05, 3.63) is 44.7 Å². The van der Waals surface area contributed by atoms with Gasteiger partial charge in [-0.2, -0.15) is 0 Å². The molecule has 0 aliphatic heterocycles. The lowest BCUT2D eigenvalue weighted by Gasteiger charge is -2.07. The normalized spacial score (nSPS) is 10.4. The van der Waals surface area contributed by atoms with Gasteiger partial charge in [0, 0.05) is 16.5 Å². The molecule has 2 aromatic rings. The number of nitrogens with one attached hydrogen (secondary N) is 1. The molecule has 21 heavy (non-hydrogen) atoms. The van der Waals surface area contributed by atoms with Gasteiger partial charge in [-0.05, 0) is 25.1 Å². The van der Waals surface area contributed by atoms with Crippen LogP contribution in [0.3, 0.4) is 0 Å². The Hall–Kier alpha value is -1.57. The SMILES string of the molecule is CCNc1ncnc(Sc2cc(Cl)ccc2Cl)c1[N+](=O)[O-]. The first-order chi connectivity index (χ1) is 10.0. The van der Waals surface area contributed by atoms with Crippen LogP contribution in [0.15, 0.2) is 34.4 Å². The maximum Gasteiger partial charge on any atom is 0.343 e. The van der Waals surface area contributed by atoms with Crippen LogP contribution in [0.1, 0.15) is 6.92 Å². The summed E-state index contributed by atoms with van der Waals surface area (Å²) in [5.41, 5.74) is -0.180. The summed E-state index contributed by atoms with van der Waals surface area (Å²) in [6.45, 7) is 2.34. The standard InChI is InChI=1S/C12H10Cl2N4O2S/c1-2-15-11-10(18(19)20)12(17-6-16-11)21-9-5-7(13)3-4-8(9)14/h3-6H,2H2,1H3,(H,15,16,17). The van der Waals surface area contributed by atoms with Gasteiger partial charge in [0.2, 0.25) is 5.82 Å². The van der Waals surface area contributed by atoms with Crippen LogP contribution in [0.25, 0.3) is 0 Å². The van der Waals surface area contributed by atoms with Gasteiger partial charge in [0.25, 0.3) is 0 Å². The summed E-state index contributed by atoms with van der Waals surface area (Å²) < 4.78 is 0. The van der Waals surface area contributed by atoms with Crippen molar-refractivity contribution in [2.45, 2.75) is 16.8 Å². The van der Waals surface area contributed by atoms with Gasteiger partial charge in [0.05, 0.1) is 9.95 Å². The van der Waals surface area contributed by atoms with Gasteiger partial charge in [0.15, 0.2) is 5.03 Å². The van der Waals surface area contributed by atoms with Crippen molar-refractivity contribution in [2.24, 2.45) is 0 Å². The van der Waals surface area contributed by atoms with Crippen molar-refractivity contribution < 1.29 is 4.92 Å². The molecule has 0 saturated carbocycles. The Morgan fingerprint density at radius 1 is 1.38 bits per heavy atom. The molecule has 6 nitrogen and oxygen atoms in total. The molecule has 0 bridgehead atoms. The molecule has 110 valence electrons. The molecule has 0 atom stereocenters. The number of hydrogen-bond acceptors (Lipinski definition) is 6. The monoisotopic (exact) mass is 344 g/mol. The lowest BCUT2D eigenvalue weighted by Crippen LogP contribution is -2.05. The zero-order valence-corrected chi connectivity index (χ0v) is 13.2. The Morgan fingerprint density at radius 2 is 2.14 bits per heavy atom. The van der Waals surface area contributed by atoms with Gasteiger partial charge in [-0.3, -0.25) is 10.1 Å². The first kappa shape index (κ1) is 15.8. The highest BCUT2D eigenvalue weighted by atomic mass is 35.5. The third-order valence-electron chi connectivity index (χ3n) is 2.42. The van der Waals surface area contributed by atoms with E-state index in [0.29, 0.717) is 21.5 Å². The van der Waals surface area contributed by atoms with Crippen LogP contribution >= 0.6 is 35.0 Å². The summed E-state index contributed by atoms with van der Waals surface area (Å²) in [6, 6.07) is 4.91. The van der Waals surface area contributed by atoms with Crippen LogP contribution < -0.4 is 5.32 Å². The second-order valence-corrected chi connectivity index (χ2v) is 5.71. The molecule has 0 spiro atoms. The molecule has 0 aliphatic carbocycles. The maximum absolute atomic E-state index is 11.3. The van der Waals surface area contributed by atoms with E-state index >= 15 is 0 Å². The van der Waals surface area contributed by atoms with E-state index in [9.17, 15) is 10.1 Å². The topological polar surface area (TPSA) is 81.0 Å².